The topological polar surface area (TPSA) is 49.0 Å². The molecule has 2 rings (SSSR count). The number of aromatic amines is 1. The predicted molar refractivity (Wildman–Crippen MR) is 61.0 cm³/mol. The average Bonchev–Trinajstić information content (AvgIpc) is 2.74. The van der Waals surface area contributed by atoms with Crippen LogP contribution in [0, 0.1) is 0 Å². The number of nitrogens with one attached hydrogen (secondary N) is 1. The second kappa shape index (κ2) is 4.35. The van der Waals surface area contributed by atoms with Crippen molar-refractivity contribution in [2.45, 2.75) is 30.6 Å². The average molecular weight is 272 g/mol. The van der Waals surface area contributed by atoms with Crippen molar-refractivity contribution in [3.05, 3.63) is 18.0 Å². The predicted octanol–water partition coefficient (Wildman–Crippen LogP) is 1.80. The van der Waals surface area contributed by atoms with E-state index >= 15 is 0 Å². The number of carbonyl (C=O) groups is 1. The van der Waals surface area contributed by atoms with Gasteiger partial charge in [0.1, 0.15) is 5.69 Å². The van der Waals surface area contributed by atoms with Gasteiger partial charge in [-0.3, -0.25) is 9.89 Å². The molecule has 1 aromatic rings. The summed E-state index contributed by atoms with van der Waals surface area (Å²) in [4.78, 5) is 14.4. The molecule has 4 nitrogen and oxygen atoms in total. The van der Waals surface area contributed by atoms with E-state index in [0.29, 0.717) is 10.5 Å². The Morgan fingerprint density at radius 2 is 2.53 bits per heavy atom. The van der Waals surface area contributed by atoms with Crippen molar-refractivity contribution < 1.29 is 4.79 Å². The summed E-state index contributed by atoms with van der Waals surface area (Å²) in [6.45, 7) is 2.91. The lowest BCUT2D eigenvalue weighted by Crippen LogP contribution is -2.47. The Morgan fingerprint density at radius 1 is 1.73 bits per heavy atom. The molecule has 1 fully saturated rings. The van der Waals surface area contributed by atoms with E-state index in [2.05, 4.69) is 33.1 Å². The van der Waals surface area contributed by atoms with Gasteiger partial charge >= 0.3 is 0 Å². The van der Waals surface area contributed by atoms with E-state index in [0.717, 1.165) is 19.4 Å². The van der Waals surface area contributed by atoms with E-state index < -0.39 is 0 Å². The van der Waals surface area contributed by atoms with Gasteiger partial charge in [0.15, 0.2) is 0 Å². The third-order valence-electron chi connectivity index (χ3n) is 2.89. The Balaban J connectivity index is 2.13. The third-order valence-corrected chi connectivity index (χ3v) is 4.11. The molecular weight excluding hydrogens is 258 g/mol. The molecule has 1 aromatic heterocycles. The van der Waals surface area contributed by atoms with Crippen LogP contribution in [0.4, 0.5) is 0 Å². The van der Waals surface area contributed by atoms with Crippen molar-refractivity contribution in [1.29, 1.82) is 0 Å². The highest BCUT2D eigenvalue weighted by molar-refractivity contribution is 9.09. The fourth-order valence-electron chi connectivity index (χ4n) is 1.91. The summed E-state index contributed by atoms with van der Waals surface area (Å²) >= 11 is 3.61. The van der Waals surface area contributed by atoms with Crippen LogP contribution in [-0.2, 0) is 0 Å². The highest BCUT2D eigenvalue weighted by Gasteiger charge is 2.30. The zero-order chi connectivity index (χ0) is 10.8. The number of carbonyl (C=O) groups excluding carboxylic acids is 1. The minimum absolute atomic E-state index is 0.0455. The lowest BCUT2D eigenvalue weighted by molar-refractivity contribution is 0.0640. The molecule has 5 heteroatoms. The van der Waals surface area contributed by atoms with Gasteiger partial charge in [0.25, 0.3) is 5.91 Å². The van der Waals surface area contributed by atoms with Crippen molar-refractivity contribution >= 4 is 21.8 Å². The smallest absolute Gasteiger partial charge is 0.272 e. The minimum Gasteiger partial charge on any atom is -0.334 e. The summed E-state index contributed by atoms with van der Waals surface area (Å²) in [5.74, 6) is 0.0455. The molecule has 0 aliphatic carbocycles. The summed E-state index contributed by atoms with van der Waals surface area (Å²) in [6.07, 6.45) is 3.79. The second-order valence-electron chi connectivity index (χ2n) is 3.87. The van der Waals surface area contributed by atoms with Crippen LogP contribution in [0.25, 0.3) is 0 Å². The largest absolute Gasteiger partial charge is 0.334 e. The molecule has 0 bridgehead atoms. The van der Waals surface area contributed by atoms with Crippen LogP contribution in [0.1, 0.15) is 30.3 Å². The number of hydrogen-bond donors (Lipinski definition) is 1. The van der Waals surface area contributed by atoms with Crippen LogP contribution in [0.2, 0.25) is 0 Å². The van der Waals surface area contributed by atoms with Crippen molar-refractivity contribution in [3.8, 4) is 0 Å². The van der Waals surface area contributed by atoms with Crippen molar-refractivity contribution in [2.24, 2.45) is 0 Å². The molecule has 2 atom stereocenters. The van der Waals surface area contributed by atoms with E-state index in [9.17, 15) is 4.79 Å². The van der Waals surface area contributed by atoms with E-state index in [-0.39, 0.29) is 11.9 Å². The molecule has 0 aromatic carbocycles. The Labute approximate surface area is 97.2 Å². The SMILES string of the molecule is CC1C(Br)CCCN1C(=O)c1ccn[nH]1. The van der Waals surface area contributed by atoms with Crippen molar-refractivity contribution in [1.82, 2.24) is 15.1 Å². The molecule has 0 spiro atoms. The van der Waals surface area contributed by atoms with Gasteiger partial charge in [0.05, 0.1) is 0 Å². The van der Waals surface area contributed by atoms with Gasteiger partial charge < -0.3 is 4.90 Å². The number of hydrogen-bond acceptors (Lipinski definition) is 2. The van der Waals surface area contributed by atoms with E-state index in [1.165, 1.54) is 0 Å². The van der Waals surface area contributed by atoms with Gasteiger partial charge in [-0.2, -0.15) is 5.10 Å². The molecule has 82 valence electrons. The minimum atomic E-state index is 0.0455. The Morgan fingerprint density at radius 3 is 3.20 bits per heavy atom. The summed E-state index contributed by atoms with van der Waals surface area (Å²) in [7, 11) is 0. The molecule has 1 saturated heterocycles. The number of nitrogens with zero attached hydrogens (tertiary/aromatic N) is 2. The number of aromatic nitrogens is 2. The standard InChI is InChI=1S/C10H14BrN3O/c1-7-8(11)3-2-6-14(7)10(15)9-4-5-12-13-9/h4-5,7-8H,2-3,6H2,1H3,(H,12,13). The van der Waals surface area contributed by atoms with Gasteiger partial charge in [-0.1, -0.05) is 15.9 Å². The van der Waals surface area contributed by atoms with Gasteiger partial charge in [0, 0.05) is 23.6 Å². The molecule has 15 heavy (non-hydrogen) atoms. The molecule has 1 aliphatic heterocycles. The van der Waals surface area contributed by atoms with E-state index in [1.807, 2.05) is 4.90 Å². The first-order valence-corrected chi connectivity index (χ1v) is 6.06. The van der Waals surface area contributed by atoms with Crippen LogP contribution in [0.15, 0.2) is 12.3 Å². The van der Waals surface area contributed by atoms with Crippen LogP contribution in [0.3, 0.4) is 0 Å². The van der Waals surface area contributed by atoms with Gasteiger partial charge in [-0.25, -0.2) is 0 Å². The third kappa shape index (κ3) is 2.07. The number of alkyl halides is 1. The maximum absolute atomic E-state index is 12.1. The molecular formula is C10H14BrN3O. The number of halogens is 1. The summed E-state index contributed by atoms with van der Waals surface area (Å²) in [5, 5.41) is 6.51. The molecule has 0 saturated carbocycles. The molecule has 0 radical (unpaired) electrons. The zero-order valence-electron chi connectivity index (χ0n) is 8.61. The summed E-state index contributed by atoms with van der Waals surface area (Å²) < 4.78 is 0. The van der Waals surface area contributed by atoms with Gasteiger partial charge in [-0.05, 0) is 25.8 Å². The Kier molecular flexibility index (Phi) is 3.09. The maximum atomic E-state index is 12.1. The highest BCUT2D eigenvalue weighted by Crippen LogP contribution is 2.24. The van der Waals surface area contributed by atoms with Crippen LogP contribution in [-0.4, -0.2) is 38.4 Å². The second-order valence-corrected chi connectivity index (χ2v) is 5.04. The summed E-state index contributed by atoms with van der Waals surface area (Å²) in [5.41, 5.74) is 0.573. The quantitative estimate of drug-likeness (QED) is 0.792. The lowest BCUT2D eigenvalue weighted by atomic mass is 10.0. The molecule has 1 aliphatic rings. The fraction of sp³-hybridized carbons (Fsp3) is 0.600. The van der Waals surface area contributed by atoms with Crippen LogP contribution < -0.4 is 0 Å². The number of piperidine rings is 1. The fourth-order valence-corrected chi connectivity index (χ4v) is 2.52. The van der Waals surface area contributed by atoms with Crippen LogP contribution in [0.5, 0.6) is 0 Å². The van der Waals surface area contributed by atoms with Gasteiger partial charge in [-0.15, -0.1) is 0 Å². The number of likely N-dealkylation sites (tertiary alicyclic amines) is 1. The Bertz CT molecular complexity index is 338. The number of H-pyrrole nitrogens is 1. The zero-order valence-corrected chi connectivity index (χ0v) is 10.2. The lowest BCUT2D eigenvalue weighted by Gasteiger charge is -2.36. The number of amides is 1. The first kappa shape index (κ1) is 10.7. The molecule has 2 heterocycles. The summed E-state index contributed by atoms with van der Waals surface area (Å²) in [6, 6.07) is 1.96. The van der Waals surface area contributed by atoms with Crippen molar-refractivity contribution in [2.75, 3.05) is 6.54 Å². The normalized spacial score (nSPS) is 26.7. The monoisotopic (exact) mass is 271 g/mol. The van der Waals surface area contributed by atoms with E-state index in [4.69, 9.17) is 0 Å². The number of rotatable bonds is 1. The molecule has 2 unspecified atom stereocenters. The Hall–Kier alpha value is -0.840. The van der Waals surface area contributed by atoms with Crippen LogP contribution >= 0.6 is 15.9 Å². The molecule has 1 amide bonds. The molecule has 1 N–H and O–H groups in total. The van der Waals surface area contributed by atoms with Crippen molar-refractivity contribution in [3.63, 3.8) is 0 Å². The maximum Gasteiger partial charge on any atom is 0.272 e. The first-order valence-electron chi connectivity index (χ1n) is 5.14. The highest BCUT2D eigenvalue weighted by atomic mass is 79.9. The first-order chi connectivity index (χ1) is 7.20. The van der Waals surface area contributed by atoms with Gasteiger partial charge in [0.2, 0.25) is 0 Å². The van der Waals surface area contributed by atoms with E-state index in [1.54, 1.807) is 12.3 Å².